The maximum Gasteiger partial charge on any atom is 0.311 e. The Morgan fingerprint density at radius 2 is 2.04 bits per heavy atom. The van der Waals surface area contributed by atoms with Gasteiger partial charge >= 0.3 is 5.69 Å². The van der Waals surface area contributed by atoms with Crippen molar-refractivity contribution in [3.8, 4) is 5.75 Å². The molecule has 2 aromatic rings. The van der Waals surface area contributed by atoms with Crippen molar-refractivity contribution in [3.63, 3.8) is 0 Å². The molecule has 1 heterocycles. The van der Waals surface area contributed by atoms with Gasteiger partial charge in [0, 0.05) is 36.6 Å². The van der Waals surface area contributed by atoms with Gasteiger partial charge in [0.05, 0.1) is 18.0 Å². The van der Waals surface area contributed by atoms with Crippen LogP contribution in [0.15, 0.2) is 48.5 Å². The second-order valence-electron chi connectivity index (χ2n) is 6.25. The van der Waals surface area contributed by atoms with E-state index in [0.29, 0.717) is 6.54 Å². The number of nitro groups is 1. The number of amides is 1. The number of carbonyl (C=O) groups excluding carboxylic acids is 1. The van der Waals surface area contributed by atoms with Gasteiger partial charge in [-0.3, -0.25) is 14.9 Å². The molecule has 1 fully saturated rings. The molecule has 1 N–H and O–H groups in total. The molecular formula is C19H21N3O4. The first-order valence-corrected chi connectivity index (χ1v) is 8.52. The third kappa shape index (κ3) is 3.93. The molecule has 1 saturated heterocycles. The zero-order chi connectivity index (χ0) is 18.5. The Labute approximate surface area is 151 Å². The van der Waals surface area contributed by atoms with Gasteiger partial charge < -0.3 is 15.0 Å². The summed E-state index contributed by atoms with van der Waals surface area (Å²) in [7, 11) is 1.42. The van der Waals surface area contributed by atoms with Crippen molar-refractivity contribution < 1.29 is 14.5 Å². The minimum absolute atomic E-state index is 0.00484. The number of hydrogen-bond acceptors (Lipinski definition) is 5. The quantitative estimate of drug-likeness (QED) is 0.656. The van der Waals surface area contributed by atoms with Crippen LogP contribution >= 0.6 is 0 Å². The molecule has 136 valence electrons. The lowest BCUT2D eigenvalue weighted by atomic mass is 9.96. The predicted molar refractivity (Wildman–Crippen MR) is 99.7 cm³/mol. The van der Waals surface area contributed by atoms with Gasteiger partial charge in [-0.2, -0.15) is 0 Å². The Hall–Kier alpha value is -3.09. The fourth-order valence-electron chi connectivity index (χ4n) is 3.21. The zero-order valence-corrected chi connectivity index (χ0v) is 14.6. The van der Waals surface area contributed by atoms with Crippen molar-refractivity contribution in [2.75, 3.05) is 30.4 Å². The Kier molecular flexibility index (Phi) is 5.36. The minimum atomic E-state index is -0.463. The largest absolute Gasteiger partial charge is 0.490 e. The van der Waals surface area contributed by atoms with Crippen LogP contribution in [0, 0.1) is 16.0 Å². The molecule has 26 heavy (non-hydrogen) atoms. The summed E-state index contributed by atoms with van der Waals surface area (Å²) in [6.07, 6.45) is 1.70. The fraction of sp³-hybridized carbons (Fsp3) is 0.316. The van der Waals surface area contributed by atoms with E-state index in [2.05, 4.69) is 10.2 Å². The Morgan fingerprint density at radius 3 is 2.73 bits per heavy atom. The molecule has 3 rings (SSSR count). The highest BCUT2D eigenvalue weighted by Gasteiger charge is 2.27. The molecule has 7 heteroatoms. The number of benzene rings is 2. The van der Waals surface area contributed by atoms with Gasteiger partial charge in [-0.1, -0.05) is 18.2 Å². The summed E-state index contributed by atoms with van der Waals surface area (Å²) in [6.45, 7) is 1.37. The van der Waals surface area contributed by atoms with Crippen LogP contribution in [-0.2, 0) is 4.79 Å². The summed E-state index contributed by atoms with van der Waals surface area (Å²) in [6, 6.07) is 14.2. The summed E-state index contributed by atoms with van der Waals surface area (Å²) in [5.74, 6) is 0.0864. The van der Waals surface area contributed by atoms with Crippen LogP contribution in [0.3, 0.4) is 0 Å². The van der Waals surface area contributed by atoms with E-state index in [0.717, 1.165) is 30.8 Å². The van der Waals surface area contributed by atoms with Crippen LogP contribution in [-0.4, -0.2) is 31.0 Å². The molecule has 7 nitrogen and oxygen atoms in total. The van der Waals surface area contributed by atoms with Gasteiger partial charge in [-0.25, -0.2) is 0 Å². The van der Waals surface area contributed by atoms with Gasteiger partial charge in [0.25, 0.3) is 0 Å². The van der Waals surface area contributed by atoms with Gasteiger partial charge in [0.1, 0.15) is 0 Å². The smallest absolute Gasteiger partial charge is 0.311 e. The lowest BCUT2D eigenvalue weighted by molar-refractivity contribution is -0.385. The van der Waals surface area contributed by atoms with Crippen LogP contribution < -0.4 is 15.0 Å². The fourth-order valence-corrected chi connectivity index (χ4v) is 3.21. The van der Waals surface area contributed by atoms with Crippen LogP contribution in [0.25, 0.3) is 0 Å². The van der Waals surface area contributed by atoms with E-state index in [1.165, 1.54) is 13.2 Å². The van der Waals surface area contributed by atoms with Crippen LogP contribution in [0.5, 0.6) is 5.75 Å². The van der Waals surface area contributed by atoms with Crippen LogP contribution in [0.1, 0.15) is 12.8 Å². The zero-order valence-electron chi connectivity index (χ0n) is 14.6. The van der Waals surface area contributed by atoms with Crippen molar-refractivity contribution in [2.45, 2.75) is 12.8 Å². The van der Waals surface area contributed by atoms with Crippen molar-refractivity contribution in [1.82, 2.24) is 0 Å². The molecule has 0 spiro atoms. The molecule has 0 aliphatic carbocycles. The first-order chi connectivity index (χ1) is 12.6. The Bertz CT molecular complexity index is 795. The van der Waals surface area contributed by atoms with Crippen molar-refractivity contribution >= 4 is 23.0 Å². The van der Waals surface area contributed by atoms with Gasteiger partial charge in [0.15, 0.2) is 5.75 Å². The van der Waals surface area contributed by atoms with E-state index >= 15 is 0 Å². The van der Waals surface area contributed by atoms with Crippen molar-refractivity contribution in [1.29, 1.82) is 0 Å². The van der Waals surface area contributed by atoms with Crippen molar-refractivity contribution in [3.05, 3.63) is 58.6 Å². The lowest BCUT2D eigenvalue weighted by Crippen LogP contribution is -2.40. The number of nitro benzene ring substituents is 1. The summed E-state index contributed by atoms with van der Waals surface area (Å²) in [5.41, 5.74) is 1.54. The summed E-state index contributed by atoms with van der Waals surface area (Å²) in [5, 5.41) is 14.0. The third-order valence-electron chi connectivity index (χ3n) is 4.56. The van der Waals surface area contributed by atoms with E-state index in [1.54, 1.807) is 12.1 Å². The number of piperidine rings is 1. The molecule has 1 amide bonds. The molecule has 1 atom stereocenters. The Morgan fingerprint density at radius 1 is 1.27 bits per heavy atom. The third-order valence-corrected chi connectivity index (χ3v) is 4.56. The highest BCUT2D eigenvalue weighted by molar-refractivity contribution is 5.93. The molecule has 0 bridgehead atoms. The normalized spacial score (nSPS) is 16.8. The SMILES string of the molecule is COc1cc(N2CCCC(C(=O)Nc3ccccc3)C2)ccc1[N+](=O)[O-]. The maximum atomic E-state index is 12.6. The van der Waals surface area contributed by atoms with E-state index in [4.69, 9.17) is 4.74 Å². The molecule has 1 aliphatic heterocycles. The summed E-state index contributed by atoms with van der Waals surface area (Å²) >= 11 is 0. The monoisotopic (exact) mass is 355 g/mol. The molecule has 0 saturated carbocycles. The molecule has 0 radical (unpaired) electrons. The van der Waals surface area contributed by atoms with Crippen LogP contribution in [0.2, 0.25) is 0 Å². The number of nitrogens with zero attached hydrogens (tertiary/aromatic N) is 2. The number of ether oxygens (including phenoxy) is 1. The highest BCUT2D eigenvalue weighted by atomic mass is 16.6. The van der Waals surface area contributed by atoms with Gasteiger partial charge in [0.2, 0.25) is 5.91 Å². The lowest BCUT2D eigenvalue weighted by Gasteiger charge is -2.33. The molecule has 2 aromatic carbocycles. The topological polar surface area (TPSA) is 84.7 Å². The second-order valence-corrected chi connectivity index (χ2v) is 6.25. The van der Waals surface area contributed by atoms with Crippen molar-refractivity contribution in [2.24, 2.45) is 5.92 Å². The average molecular weight is 355 g/mol. The highest BCUT2D eigenvalue weighted by Crippen LogP contribution is 2.33. The second kappa shape index (κ2) is 7.86. The average Bonchev–Trinajstić information content (AvgIpc) is 2.68. The van der Waals surface area contributed by atoms with Gasteiger partial charge in [-0.15, -0.1) is 0 Å². The van der Waals surface area contributed by atoms with E-state index in [1.807, 2.05) is 30.3 Å². The number of rotatable bonds is 5. The predicted octanol–water partition coefficient (Wildman–Crippen LogP) is 3.46. The molecule has 0 aromatic heterocycles. The number of hydrogen-bond donors (Lipinski definition) is 1. The maximum absolute atomic E-state index is 12.6. The molecule has 1 unspecified atom stereocenters. The number of nitrogens with one attached hydrogen (secondary N) is 1. The molecule has 1 aliphatic rings. The number of methoxy groups -OCH3 is 1. The van der Waals surface area contributed by atoms with Gasteiger partial charge in [-0.05, 0) is 31.0 Å². The first-order valence-electron chi connectivity index (χ1n) is 8.52. The van der Waals surface area contributed by atoms with E-state index in [9.17, 15) is 14.9 Å². The summed E-state index contributed by atoms with van der Waals surface area (Å²) in [4.78, 5) is 25.2. The number of para-hydroxylation sites is 1. The molecular weight excluding hydrogens is 334 g/mol. The Balaban J connectivity index is 1.72. The number of anilines is 2. The number of carbonyl (C=O) groups is 1. The van der Waals surface area contributed by atoms with Crippen LogP contribution in [0.4, 0.5) is 17.1 Å². The van der Waals surface area contributed by atoms with E-state index in [-0.39, 0.29) is 23.3 Å². The summed E-state index contributed by atoms with van der Waals surface area (Å²) < 4.78 is 5.14. The van der Waals surface area contributed by atoms with E-state index < -0.39 is 4.92 Å². The standard InChI is InChI=1S/C19H21N3O4/c1-26-18-12-16(9-10-17(18)22(24)25)21-11-5-6-14(13-21)19(23)20-15-7-3-2-4-8-15/h2-4,7-10,12,14H,5-6,11,13H2,1H3,(H,20,23). The first kappa shape index (κ1) is 17.7. The minimum Gasteiger partial charge on any atom is -0.490 e.